The molecule has 5 rings (SSSR count). The average Bonchev–Trinajstić information content (AvgIpc) is 3.41. The summed E-state index contributed by atoms with van der Waals surface area (Å²) in [6, 6.07) is 10.0. The molecule has 42 heavy (non-hydrogen) atoms. The Morgan fingerprint density at radius 2 is 1.83 bits per heavy atom. The van der Waals surface area contributed by atoms with Crippen molar-refractivity contribution in [1.29, 1.82) is 0 Å². The molecule has 3 heterocycles. The van der Waals surface area contributed by atoms with Crippen molar-refractivity contribution >= 4 is 11.9 Å². The predicted octanol–water partition coefficient (Wildman–Crippen LogP) is 5.27. The fraction of sp³-hybridized carbons (Fsp3) is 0.516. The van der Waals surface area contributed by atoms with Crippen LogP contribution in [0, 0.1) is 6.92 Å². The Morgan fingerprint density at radius 3 is 2.50 bits per heavy atom. The van der Waals surface area contributed by atoms with Gasteiger partial charge in [-0.05, 0) is 82.7 Å². The van der Waals surface area contributed by atoms with E-state index in [0.717, 1.165) is 60.3 Å². The monoisotopic (exact) mass is 576 g/mol. The highest BCUT2D eigenvalue weighted by atomic mass is 16.7. The Kier molecular flexibility index (Phi) is 8.77. The van der Waals surface area contributed by atoms with E-state index in [0.29, 0.717) is 23.9 Å². The Labute approximate surface area is 247 Å². The molecule has 11 heteroatoms. The van der Waals surface area contributed by atoms with Gasteiger partial charge >= 0.3 is 6.09 Å². The largest absolute Gasteiger partial charge is 0.480 e. The summed E-state index contributed by atoms with van der Waals surface area (Å²) in [6.45, 7) is 9.37. The number of nitrogens with zero attached hydrogens (tertiary/aromatic N) is 6. The number of benzene rings is 1. The molecule has 1 saturated heterocycles. The fourth-order valence-corrected chi connectivity index (χ4v) is 5.42. The van der Waals surface area contributed by atoms with E-state index in [-0.39, 0.29) is 25.0 Å². The quantitative estimate of drug-likeness (QED) is 0.312. The van der Waals surface area contributed by atoms with E-state index in [2.05, 4.69) is 25.3 Å². The minimum atomic E-state index is -0.526. The van der Waals surface area contributed by atoms with E-state index >= 15 is 0 Å². The average molecular weight is 577 g/mol. The van der Waals surface area contributed by atoms with Gasteiger partial charge < -0.3 is 28.7 Å². The van der Waals surface area contributed by atoms with Crippen LogP contribution in [0.25, 0.3) is 22.4 Å². The molecule has 224 valence electrons. The van der Waals surface area contributed by atoms with Crippen molar-refractivity contribution in [1.82, 2.24) is 25.3 Å². The lowest BCUT2D eigenvalue weighted by Crippen LogP contribution is -2.52. The zero-order valence-corrected chi connectivity index (χ0v) is 25.3. The lowest BCUT2D eigenvalue weighted by atomic mass is 9.90. The molecule has 0 spiro atoms. The van der Waals surface area contributed by atoms with Crippen LogP contribution < -0.4 is 14.4 Å². The van der Waals surface area contributed by atoms with Crippen molar-refractivity contribution in [2.24, 2.45) is 0 Å². The molecule has 2 aromatic heterocycles. The van der Waals surface area contributed by atoms with E-state index in [1.165, 1.54) is 0 Å². The van der Waals surface area contributed by atoms with Crippen LogP contribution in [0.2, 0.25) is 0 Å². The second kappa shape index (κ2) is 12.5. The topological polar surface area (TPSA) is 112 Å². The summed E-state index contributed by atoms with van der Waals surface area (Å²) >= 11 is 0. The van der Waals surface area contributed by atoms with Gasteiger partial charge in [0.15, 0.2) is 12.6 Å². The van der Waals surface area contributed by atoms with Gasteiger partial charge in [-0.2, -0.15) is 5.10 Å². The molecule has 0 N–H and O–H groups in total. The van der Waals surface area contributed by atoms with E-state index < -0.39 is 5.60 Å². The zero-order valence-electron chi connectivity index (χ0n) is 25.3. The summed E-state index contributed by atoms with van der Waals surface area (Å²) in [4.78, 5) is 17.4. The predicted molar refractivity (Wildman–Crippen MR) is 159 cm³/mol. The van der Waals surface area contributed by atoms with Gasteiger partial charge in [-0.25, -0.2) is 4.79 Å². The molecule has 0 unspecified atom stereocenters. The normalized spacial score (nSPS) is 17.1. The summed E-state index contributed by atoms with van der Waals surface area (Å²) in [5.41, 5.74) is 3.70. The summed E-state index contributed by atoms with van der Waals surface area (Å²) in [5, 5.41) is 17.2. The third-order valence-corrected chi connectivity index (χ3v) is 7.65. The van der Waals surface area contributed by atoms with Crippen molar-refractivity contribution < 1.29 is 23.7 Å². The van der Waals surface area contributed by atoms with Crippen molar-refractivity contribution in [3.63, 3.8) is 0 Å². The van der Waals surface area contributed by atoms with Crippen molar-refractivity contribution in [3.8, 4) is 34.0 Å². The first kappa shape index (κ1) is 29.5. The molecule has 0 bridgehead atoms. The molecule has 11 nitrogen and oxygen atoms in total. The number of aromatic nitrogens is 4. The number of carbonyl (C=O) groups is 1. The van der Waals surface area contributed by atoms with E-state index in [1.807, 2.05) is 62.9 Å². The number of carbonyl (C=O) groups excluding carboxylic acids is 1. The number of hydrogen-bond acceptors (Lipinski definition) is 10. The third kappa shape index (κ3) is 6.56. The molecule has 1 aliphatic heterocycles. The van der Waals surface area contributed by atoms with Gasteiger partial charge in [0, 0.05) is 43.4 Å². The van der Waals surface area contributed by atoms with Crippen molar-refractivity contribution in [2.75, 3.05) is 39.0 Å². The number of hydrogen-bond donors (Lipinski definition) is 0. The number of amides is 1. The zero-order chi connectivity index (χ0) is 29.9. The van der Waals surface area contributed by atoms with Gasteiger partial charge in [0.2, 0.25) is 5.88 Å². The molecule has 1 amide bonds. The van der Waals surface area contributed by atoms with Crippen LogP contribution >= 0.6 is 0 Å². The Morgan fingerprint density at radius 1 is 1.02 bits per heavy atom. The van der Waals surface area contributed by atoms with Crippen LogP contribution in [0.15, 0.2) is 36.5 Å². The Balaban J connectivity index is 1.37. The van der Waals surface area contributed by atoms with E-state index in [1.54, 1.807) is 20.4 Å². The molecular formula is C31H40N6O5. The van der Waals surface area contributed by atoms with Gasteiger partial charge in [0.05, 0.1) is 25.0 Å². The van der Waals surface area contributed by atoms with Gasteiger partial charge in [-0.3, -0.25) is 0 Å². The lowest BCUT2D eigenvalue weighted by Gasteiger charge is -2.41. The van der Waals surface area contributed by atoms with Crippen LogP contribution in [0.3, 0.4) is 0 Å². The lowest BCUT2D eigenvalue weighted by molar-refractivity contribution is -0.00351. The summed E-state index contributed by atoms with van der Waals surface area (Å²) in [7, 11) is 3.14. The van der Waals surface area contributed by atoms with Gasteiger partial charge in [0.1, 0.15) is 11.4 Å². The molecule has 1 atom stereocenters. The fourth-order valence-electron chi connectivity index (χ4n) is 5.42. The summed E-state index contributed by atoms with van der Waals surface area (Å²) in [5.74, 6) is 1.87. The minimum Gasteiger partial charge on any atom is -0.480 e. The molecule has 1 saturated carbocycles. The second-order valence-corrected chi connectivity index (χ2v) is 11.8. The first-order valence-corrected chi connectivity index (χ1v) is 14.4. The molecular weight excluding hydrogens is 536 g/mol. The molecule has 3 aromatic rings. The minimum absolute atomic E-state index is 0.0777. The molecule has 2 fully saturated rings. The molecule has 1 aliphatic carbocycles. The number of anilines is 1. The summed E-state index contributed by atoms with van der Waals surface area (Å²) in [6.07, 6.45) is 5.53. The number of rotatable bonds is 9. The van der Waals surface area contributed by atoms with E-state index in [9.17, 15) is 4.79 Å². The van der Waals surface area contributed by atoms with Crippen molar-refractivity contribution in [2.45, 2.75) is 71.1 Å². The number of methoxy groups -OCH3 is 2. The van der Waals surface area contributed by atoms with Crippen molar-refractivity contribution in [3.05, 3.63) is 42.1 Å². The van der Waals surface area contributed by atoms with Gasteiger partial charge in [-0.1, -0.05) is 6.07 Å². The Bertz CT molecular complexity index is 1410. The number of aryl methyl sites for hydroxylation is 1. The molecule has 2 aliphatic rings. The maximum atomic E-state index is 13.2. The number of ether oxygens (including phenoxy) is 4. The maximum Gasteiger partial charge on any atom is 0.410 e. The first-order valence-electron chi connectivity index (χ1n) is 14.4. The Hall–Kier alpha value is -3.99. The van der Waals surface area contributed by atoms with Crippen LogP contribution in [-0.2, 0) is 9.47 Å². The molecule has 0 radical (unpaired) electrons. The van der Waals surface area contributed by atoms with Gasteiger partial charge in [-0.15, -0.1) is 15.3 Å². The third-order valence-electron chi connectivity index (χ3n) is 7.65. The van der Waals surface area contributed by atoms with Crippen LogP contribution in [0.1, 0.15) is 52.0 Å². The smallest absolute Gasteiger partial charge is 0.410 e. The highest BCUT2D eigenvalue weighted by Gasteiger charge is 2.40. The van der Waals surface area contributed by atoms with E-state index in [4.69, 9.17) is 18.9 Å². The first-order chi connectivity index (χ1) is 20.2. The maximum absolute atomic E-state index is 13.2. The van der Waals surface area contributed by atoms with Crippen LogP contribution in [0.5, 0.6) is 11.6 Å². The summed E-state index contributed by atoms with van der Waals surface area (Å²) < 4.78 is 22.2. The highest BCUT2D eigenvalue weighted by Crippen LogP contribution is 2.36. The van der Waals surface area contributed by atoms with Crippen LogP contribution in [0.4, 0.5) is 10.6 Å². The standard InChI is InChI=1S/C31H40N6O5/c1-20-14-26(25-11-10-21(15-27(25)41-19-39-5)22-16-28(40-6)34-32-17-22)33-35-29(20)36-13-12-24(18-36)37(23-8-7-9-23)30(38)42-31(2,3)4/h10-11,14-17,23-24H,7-9,12-13,18-19H2,1-6H3/t24-/m0/s1. The molecule has 1 aromatic carbocycles. The van der Waals surface area contributed by atoms with Crippen LogP contribution in [-0.4, -0.2) is 83.2 Å². The second-order valence-electron chi connectivity index (χ2n) is 11.8. The highest BCUT2D eigenvalue weighted by molar-refractivity contribution is 5.75. The SMILES string of the molecule is COCOc1cc(-c2cnnc(OC)c2)ccc1-c1cc(C)c(N2CC[C@H](N(C(=O)OC(C)(C)C)C3CCC3)C2)nn1. The van der Waals surface area contributed by atoms with Gasteiger partial charge in [0.25, 0.3) is 0 Å².